The number of amides is 1. The molecule has 0 bridgehead atoms. The number of carbonyl (C=O) groups excluding carboxylic acids is 1. The van der Waals surface area contributed by atoms with Crippen LogP contribution in [0.15, 0.2) is 29.2 Å². The van der Waals surface area contributed by atoms with Gasteiger partial charge < -0.3 is 14.4 Å². The standard InChI is InChI=1S/C17H22FNO5S/c1-12(25(21,22)15-6-4-14(18)5-7-15)16(20)19-8-2-3-13(11-19)17-23-9-10-24-17/h4-7,12-13,17H,2-3,8-11H2,1H3. The molecular formula is C17H22FNO5S. The normalized spacial score (nSPS) is 23.6. The van der Waals surface area contributed by atoms with Gasteiger partial charge in [0.1, 0.15) is 11.1 Å². The SMILES string of the molecule is CC(C(=O)N1CCCC(C2OCCO2)C1)S(=O)(=O)c1ccc(F)cc1. The zero-order chi connectivity index (χ0) is 18.0. The van der Waals surface area contributed by atoms with Gasteiger partial charge in [-0.25, -0.2) is 12.8 Å². The summed E-state index contributed by atoms with van der Waals surface area (Å²) in [6.45, 7) is 3.42. The van der Waals surface area contributed by atoms with E-state index in [4.69, 9.17) is 9.47 Å². The van der Waals surface area contributed by atoms with E-state index < -0.39 is 26.8 Å². The maximum atomic E-state index is 13.0. The van der Waals surface area contributed by atoms with E-state index in [1.807, 2.05) is 0 Å². The summed E-state index contributed by atoms with van der Waals surface area (Å²) in [4.78, 5) is 14.3. The van der Waals surface area contributed by atoms with Crippen molar-refractivity contribution >= 4 is 15.7 Å². The number of likely N-dealkylation sites (tertiary alicyclic amines) is 1. The third kappa shape index (κ3) is 3.86. The number of halogens is 1. The average molecular weight is 371 g/mol. The fourth-order valence-electron chi connectivity index (χ4n) is 3.30. The number of ether oxygens (including phenoxy) is 2. The summed E-state index contributed by atoms with van der Waals surface area (Å²) in [6.07, 6.45) is 1.34. The Bertz CT molecular complexity index is 715. The van der Waals surface area contributed by atoms with Crippen molar-refractivity contribution in [2.45, 2.75) is 36.2 Å². The van der Waals surface area contributed by atoms with E-state index in [1.165, 1.54) is 19.1 Å². The average Bonchev–Trinajstić information content (AvgIpc) is 3.15. The number of rotatable bonds is 4. The zero-order valence-electron chi connectivity index (χ0n) is 14.1. The molecule has 2 heterocycles. The number of piperidine rings is 1. The maximum Gasteiger partial charge on any atom is 0.241 e. The molecule has 0 radical (unpaired) electrons. The minimum Gasteiger partial charge on any atom is -0.350 e. The van der Waals surface area contributed by atoms with Crippen LogP contribution in [0.5, 0.6) is 0 Å². The molecular weight excluding hydrogens is 349 g/mol. The van der Waals surface area contributed by atoms with Gasteiger partial charge >= 0.3 is 0 Å². The van der Waals surface area contributed by atoms with Gasteiger partial charge in [0.25, 0.3) is 0 Å². The van der Waals surface area contributed by atoms with Crippen molar-refractivity contribution in [1.29, 1.82) is 0 Å². The van der Waals surface area contributed by atoms with Crippen molar-refractivity contribution in [2.75, 3.05) is 26.3 Å². The van der Waals surface area contributed by atoms with Gasteiger partial charge in [-0.2, -0.15) is 0 Å². The van der Waals surface area contributed by atoms with Crippen molar-refractivity contribution in [1.82, 2.24) is 4.90 Å². The van der Waals surface area contributed by atoms with Crippen LogP contribution in [0.25, 0.3) is 0 Å². The summed E-state index contributed by atoms with van der Waals surface area (Å²) in [5.41, 5.74) is 0. The molecule has 8 heteroatoms. The number of carbonyl (C=O) groups is 1. The molecule has 2 atom stereocenters. The fraction of sp³-hybridized carbons (Fsp3) is 0.588. The summed E-state index contributed by atoms with van der Waals surface area (Å²) in [5, 5.41) is -1.22. The van der Waals surface area contributed by atoms with E-state index in [9.17, 15) is 17.6 Å². The largest absolute Gasteiger partial charge is 0.350 e. The molecule has 2 unspecified atom stereocenters. The van der Waals surface area contributed by atoms with Crippen LogP contribution in [0.2, 0.25) is 0 Å². The molecule has 6 nitrogen and oxygen atoms in total. The lowest BCUT2D eigenvalue weighted by Crippen LogP contribution is -2.48. The highest BCUT2D eigenvalue weighted by atomic mass is 32.2. The molecule has 0 N–H and O–H groups in total. The molecule has 0 aliphatic carbocycles. The Morgan fingerprint density at radius 2 is 1.88 bits per heavy atom. The summed E-state index contributed by atoms with van der Waals surface area (Å²) >= 11 is 0. The third-order valence-electron chi connectivity index (χ3n) is 4.76. The topological polar surface area (TPSA) is 72.9 Å². The van der Waals surface area contributed by atoms with Gasteiger partial charge in [0, 0.05) is 19.0 Å². The third-order valence-corrected chi connectivity index (χ3v) is 6.82. The van der Waals surface area contributed by atoms with E-state index in [0.717, 1.165) is 25.0 Å². The van der Waals surface area contributed by atoms with Crippen LogP contribution in [-0.4, -0.2) is 57.1 Å². The predicted octanol–water partition coefficient (Wildman–Crippen LogP) is 1.60. The van der Waals surface area contributed by atoms with Crippen LogP contribution >= 0.6 is 0 Å². The minimum absolute atomic E-state index is 0.0502. The van der Waals surface area contributed by atoms with Crippen LogP contribution in [0.3, 0.4) is 0 Å². The van der Waals surface area contributed by atoms with Crippen LogP contribution in [-0.2, 0) is 24.1 Å². The summed E-state index contributed by atoms with van der Waals surface area (Å²) in [5.74, 6) is -0.902. The lowest BCUT2D eigenvalue weighted by atomic mass is 9.97. The van der Waals surface area contributed by atoms with E-state index in [1.54, 1.807) is 4.90 Å². The number of benzene rings is 1. The molecule has 2 fully saturated rings. The van der Waals surface area contributed by atoms with Gasteiger partial charge in [0.15, 0.2) is 16.1 Å². The number of hydrogen-bond acceptors (Lipinski definition) is 5. The first-order chi connectivity index (χ1) is 11.9. The van der Waals surface area contributed by atoms with Gasteiger partial charge in [-0.15, -0.1) is 0 Å². The molecule has 0 spiro atoms. The highest BCUT2D eigenvalue weighted by Crippen LogP contribution is 2.26. The molecule has 1 aromatic rings. The van der Waals surface area contributed by atoms with Gasteiger partial charge in [0.2, 0.25) is 5.91 Å². The van der Waals surface area contributed by atoms with E-state index in [0.29, 0.717) is 26.3 Å². The van der Waals surface area contributed by atoms with Crippen molar-refractivity contribution < 1.29 is 27.1 Å². The molecule has 0 aromatic heterocycles. The van der Waals surface area contributed by atoms with E-state index >= 15 is 0 Å². The molecule has 2 aliphatic heterocycles. The summed E-state index contributed by atoms with van der Waals surface area (Å²) in [6, 6.07) is 4.53. The number of hydrogen-bond donors (Lipinski definition) is 0. The highest BCUT2D eigenvalue weighted by Gasteiger charge is 2.37. The second kappa shape index (κ2) is 7.39. The second-order valence-electron chi connectivity index (χ2n) is 6.44. The van der Waals surface area contributed by atoms with Crippen molar-refractivity contribution in [3.05, 3.63) is 30.1 Å². The Balaban J connectivity index is 1.71. The highest BCUT2D eigenvalue weighted by molar-refractivity contribution is 7.92. The fourth-order valence-corrected chi connectivity index (χ4v) is 4.64. The quantitative estimate of drug-likeness (QED) is 0.752. The Labute approximate surface area is 146 Å². The molecule has 3 rings (SSSR count). The Morgan fingerprint density at radius 3 is 2.52 bits per heavy atom. The second-order valence-corrected chi connectivity index (χ2v) is 8.71. The Morgan fingerprint density at radius 1 is 1.24 bits per heavy atom. The van der Waals surface area contributed by atoms with Crippen molar-refractivity contribution in [3.8, 4) is 0 Å². The first-order valence-corrected chi connectivity index (χ1v) is 9.95. The van der Waals surface area contributed by atoms with Crippen LogP contribution in [0.4, 0.5) is 4.39 Å². The first kappa shape index (κ1) is 18.3. The van der Waals surface area contributed by atoms with Gasteiger partial charge in [-0.3, -0.25) is 4.79 Å². The molecule has 0 saturated carbocycles. The van der Waals surface area contributed by atoms with E-state index in [-0.39, 0.29) is 17.1 Å². The van der Waals surface area contributed by atoms with Gasteiger partial charge in [0.05, 0.1) is 18.1 Å². The van der Waals surface area contributed by atoms with Gasteiger partial charge in [-0.05, 0) is 44.0 Å². The molecule has 138 valence electrons. The van der Waals surface area contributed by atoms with Crippen LogP contribution < -0.4 is 0 Å². The summed E-state index contributed by atoms with van der Waals surface area (Å²) < 4.78 is 49.3. The molecule has 2 saturated heterocycles. The lowest BCUT2D eigenvalue weighted by molar-refractivity contribution is -0.138. The van der Waals surface area contributed by atoms with Crippen molar-refractivity contribution in [3.63, 3.8) is 0 Å². The van der Waals surface area contributed by atoms with Crippen molar-refractivity contribution in [2.24, 2.45) is 5.92 Å². The summed E-state index contributed by atoms with van der Waals surface area (Å²) in [7, 11) is -3.86. The lowest BCUT2D eigenvalue weighted by Gasteiger charge is -2.35. The Hall–Kier alpha value is -1.51. The molecule has 1 aromatic carbocycles. The Kier molecular flexibility index (Phi) is 5.41. The van der Waals surface area contributed by atoms with E-state index in [2.05, 4.69) is 0 Å². The monoisotopic (exact) mass is 371 g/mol. The molecule has 25 heavy (non-hydrogen) atoms. The smallest absolute Gasteiger partial charge is 0.241 e. The zero-order valence-corrected chi connectivity index (χ0v) is 14.9. The first-order valence-electron chi connectivity index (χ1n) is 8.41. The van der Waals surface area contributed by atoms with Gasteiger partial charge in [-0.1, -0.05) is 0 Å². The number of sulfone groups is 1. The van der Waals surface area contributed by atoms with Crippen LogP contribution in [0.1, 0.15) is 19.8 Å². The maximum absolute atomic E-state index is 13.0. The molecule has 1 amide bonds. The predicted molar refractivity (Wildman–Crippen MR) is 88.0 cm³/mol. The van der Waals surface area contributed by atoms with Crippen LogP contribution in [0, 0.1) is 11.7 Å². The molecule has 2 aliphatic rings. The minimum atomic E-state index is -3.86. The number of nitrogens with zero attached hydrogens (tertiary/aromatic N) is 1.